The van der Waals surface area contributed by atoms with E-state index < -0.39 is 6.04 Å². The Morgan fingerprint density at radius 1 is 1.22 bits per heavy atom. The van der Waals surface area contributed by atoms with Gasteiger partial charge < -0.3 is 5.43 Å². The van der Waals surface area contributed by atoms with E-state index >= 15 is 0 Å². The molecule has 18 heavy (non-hydrogen) atoms. The van der Waals surface area contributed by atoms with Crippen molar-refractivity contribution in [3.63, 3.8) is 0 Å². The van der Waals surface area contributed by atoms with Crippen LogP contribution in [0.2, 0.25) is 0 Å². The molecule has 1 aromatic rings. The van der Waals surface area contributed by atoms with Crippen molar-refractivity contribution < 1.29 is 9.59 Å². The minimum atomic E-state index is -0.528. The van der Waals surface area contributed by atoms with Gasteiger partial charge in [-0.1, -0.05) is 18.2 Å². The van der Waals surface area contributed by atoms with Crippen molar-refractivity contribution in [2.45, 2.75) is 12.5 Å². The average Bonchev–Trinajstić information content (AvgIpc) is 2.63. The number of amides is 2. The monoisotopic (exact) mass is 248 g/mol. The Morgan fingerprint density at radius 3 is 2.44 bits per heavy atom. The number of imide groups is 1. The molecule has 1 unspecified atom stereocenters. The van der Waals surface area contributed by atoms with E-state index in [2.05, 4.69) is 10.9 Å². The van der Waals surface area contributed by atoms with Crippen molar-refractivity contribution in [3.05, 3.63) is 30.3 Å². The molecule has 1 aliphatic rings. The molecule has 1 fully saturated rings. The Hall–Kier alpha value is -1.92. The maximum atomic E-state index is 11.9. The maximum absolute atomic E-state index is 11.9. The smallest absolute Gasteiger partial charge is 0.263 e. The number of hydrazine groups is 2. The van der Waals surface area contributed by atoms with Gasteiger partial charge >= 0.3 is 0 Å². The van der Waals surface area contributed by atoms with Crippen LogP contribution in [0.5, 0.6) is 0 Å². The van der Waals surface area contributed by atoms with Crippen LogP contribution in [-0.4, -0.2) is 42.0 Å². The molecular weight excluding hydrogens is 232 g/mol. The van der Waals surface area contributed by atoms with Gasteiger partial charge in [0.15, 0.2) is 0 Å². The molecule has 0 aromatic heterocycles. The van der Waals surface area contributed by atoms with Gasteiger partial charge in [0, 0.05) is 19.8 Å². The number of benzene rings is 1. The molecule has 1 aliphatic heterocycles. The Balaban J connectivity index is 1.96. The summed E-state index contributed by atoms with van der Waals surface area (Å²) in [4.78, 5) is 23.6. The van der Waals surface area contributed by atoms with Crippen LogP contribution >= 0.6 is 0 Å². The molecule has 96 valence electrons. The van der Waals surface area contributed by atoms with Crippen LogP contribution in [0, 0.1) is 0 Å². The number of para-hydroxylation sites is 1. The number of nitrogens with one attached hydrogen (secondary N) is 2. The highest BCUT2D eigenvalue weighted by molar-refractivity contribution is 6.05. The van der Waals surface area contributed by atoms with E-state index in [9.17, 15) is 9.59 Å². The van der Waals surface area contributed by atoms with Crippen molar-refractivity contribution in [2.24, 2.45) is 0 Å². The third-order valence-electron chi connectivity index (χ3n) is 2.69. The van der Waals surface area contributed by atoms with E-state index in [0.717, 1.165) is 10.7 Å². The van der Waals surface area contributed by atoms with Gasteiger partial charge in [-0.15, -0.1) is 0 Å². The minimum Gasteiger partial charge on any atom is -0.321 e. The molecule has 2 N–H and O–H groups in total. The van der Waals surface area contributed by atoms with Crippen molar-refractivity contribution >= 4 is 17.5 Å². The molecule has 1 aromatic carbocycles. The number of hydrogen-bond donors (Lipinski definition) is 2. The molecule has 6 heteroatoms. The molecule has 2 amide bonds. The largest absolute Gasteiger partial charge is 0.321 e. The Morgan fingerprint density at radius 2 is 1.89 bits per heavy atom. The van der Waals surface area contributed by atoms with Crippen LogP contribution in [0.15, 0.2) is 30.3 Å². The predicted octanol–water partition coefficient (Wildman–Crippen LogP) is 0.207. The highest BCUT2D eigenvalue weighted by Crippen LogP contribution is 2.14. The predicted molar refractivity (Wildman–Crippen MR) is 67.1 cm³/mol. The molecule has 0 aliphatic carbocycles. The van der Waals surface area contributed by atoms with Crippen molar-refractivity contribution in [1.29, 1.82) is 0 Å². The zero-order chi connectivity index (χ0) is 13.1. The van der Waals surface area contributed by atoms with Gasteiger partial charge in [0.05, 0.1) is 6.42 Å². The highest BCUT2D eigenvalue weighted by atomic mass is 16.2. The SMILES string of the molecule is CN(C)N1C(=O)CC(NNc2ccccc2)C1=O. The van der Waals surface area contributed by atoms with Crippen molar-refractivity contribution in [1.82, 2.24) is 15.4 Å². The van der Waals surface area contributed by atoms with Crippen LogP contribution in [-0.2, 0) is 9.59 Å². The molecule has 0 spiro atoms. The third kappa shape index (κ3) is 2.49. The lowest BCUT2D eigenvalue weighted by Gasteiger charge is -2.22. The number of anilines is 1. The van der Waals surface area contributed by atoms with Crippen LogP contribution in [0.4, 0.5) is 5.69 Å². The first-order valence-electron chi connectivity index (χ1n) is 5.70. The van der Waals surface area contributed by atoms with Gasteiger partial charge in [-0.05, 0) is 12.1 Å². The van der Waals surface area contributed by atoms with Gasteiger partial charge in [-0.25, -0.2) is 15.4 Å². The molecule has 1 heterocycles. The second-order valence-corrected chi connectivity index (χ2v) is 4.28. The lowest BCUT2D eigenvalue weighted by molar-refractivity contribution is -0.153. The Labute approximate surface area is 105 Å². The molecule has 0 radical (unpaired) electrons. The molecule has 1 saturated heterocycles. The first-order chi connectivity index (χ1) is 8.59. The molecule has 0 saturated carbocycles. The summed E-state index contributed by atoms with van der Waals surface area (Å²) in [7, 11) is 3.34. The maximum Gasteiger partial charge on any atom is 0.263 e. The molecular formula is C12H16N4O2. The van der Waals surface area contributed by atoms with Crippen molar-refractivity contribution in [2.75, 3.05) is 19.5 Å². The van der Waals surface area contributed by atoms with E-state index in [-0.39, 0.29) is 18.2 Å². The summed E-state index contributed by atoms with van der Waals surface area (Å²) in [5.74, 6) is -0.439. The average molecular weight is 248 g/mol. The zero-order valence-corrected chi connectivity index (χ0v) is 10.4. The van der Waals surface area contributed by atoms with Crippen LogP contribution in [0.3, 0.4) is 0 Å². The minimum absolute atomic E-state index is 0.164. The van der Waals surface area contributed by atoms with Gasteiger partial charge in [0.2, 0.25) is 5.91 Å². The summed E-state index contributed by atoms with van der Waals surface area (Å²) in [5.41, 5.74) is 6.65. The Kier molecular flexibility index (Phi) is 3.59. The summed E-state index contributed by atoms with van der Waals surface area (Å²) in [6, 6.07) is 8.90. The summed E-state index contributed by atoms with van der Waals surface area (Å²) in [6.45, 7) is 0. The zero-order valence-electron chi connectivity index (χ0n) is 10.4. The van der Waals surface area contributed by atoms with Crippen LogP contribution in [0.1, 0.15) is 6.42 Å². The summed E-state index contributed by atoms with van der Waals surface area (Å²) in [6.07, 6.45) is 0.164. The van der Waals surface area contributed by atoms with Crippen LogP contribution in [0.25, 0.3) is 0 Å². The first-order valence-corrected chi connectivity index (χ1v) is 5.70. The normalized spacial score (nSPS) is 19.7. The quantitative estimate of drug-likeness (QED) is 0.589. The second kappa shape index (κ2) is 5.16. The summed E-state index contributed by atoms with van der Waals surface area (Å²) >= 11 is 0. The lowest BCUT2D eigenvalue weighted by atomic mass is 10.2. The fraction of sp³-hybridized carbons (Fsp3) is 0.333. The van der Waals surface area contributed by atoms with E-state index in [1.54, 1.807) is 14.1 Å². The molecule has 0 bridgehead atoms. The molecule has 1 atom stereocenters. The van der Waals surface area contributed by atoms with Crippen LogP contribution < -0.4 is 10.9 Å². The number of hydrogen-bond acceptors (Lipinski definition) is 5. The first kappa shape index (κ1) is 12.5. The summed E-state index contributed by atoms with van der Waals surface area (Å²) in [5, 5.41) is 2.64. The number of carbonyl (C=O) groups excluding carboxylic acids is 2. The summed E-state index contributed by atoms with van der Waals surface area (Å²) < 4.78 is 0. The lowest BCUT2D eigenvalue weighted by Crippen LogP contribution is -2.46. The number of rotatable bonds is 4. The van der Waals surface area contributed by atoms with E-state index in [1.165, 1.54) is 5.01 Å². The number of carbonyl (C=O) groups is 2. The van der Waals surface area contributed by atoms with Gasteiger partial charge in [0.1, 0.15) is 6.04 Å². The topological polar surface area (TPSA) is 64.7 Å². The molecule has 2 rings (SSSR count). The standard InChI is InChI=1S/C12H16N4O2/c1-15(2)16-11(17)8-10(12(16)18)14-13-9-6-4-3-5-7-9/h3-7,10,13-14H,8H2,1-2H3. The van der Waals surface area contributed by atoms with E-state index in [0.29, 0.717) is 0 Å². The van der Waals surface area contributed by atoms with Gasteiger partial charge in [-0.2, -0.15) is 0 Å². The van der Waals surface area contributed by atoms with Gasteiger partial charge in [0.25, 0.3) is 5.91 Å². The fourth-order valence-corrected chi connectivity index (χ4v) is 1.84. The van der Waals surface area contributed by atoms with Crippen molar-refractivity contribution in [3.8, 4) is 0 Å². The fourth-order valence-electron chi connectivity index (χ4n) is 1.84. The third-order valence-corrected chi connectivity index (χ3v) is 2.69. The van der Waals surface area contributed by atoms with Gasteiger partial charge in [-0.3, -0.25) is 9.59 Å². The van der Waals surface area contributed by atoms with E-state index in [4.69, 9.17) is 0 Å². The highest BCUT2D eigenvalue weighted by Gasteiger charge is 2.39. The molecule has 6 nitrogen and oxygen atoms in total. The van der Waals surface area contributed by atoms with E-state index in [1.807, 2.05) is 30.3 Å². The number of nitrogens with zero attached hydrogens (tertiary/aromatic N) is 2. The second-order valence-electron chi connectivity index (χ2n) is 4.28. The Bertz CT molecular complexity index is 447.